The zero-order valence-corrected chi connectivity index (χ0v) is 15.0. The molecule has 6 nitrogen and oxygen atoms in total. The second-order valence-electron chi connectivity index (χ2n) is 6.68. The fraction of sp³-hybridized carbons (Fsp3) is 0.556. The van der Waals surface area contributed by atoms with Crippen molar-refractivity contribution >= 4 is 29.9 Å². The lowest BCUT2D eigenvalue weighted by Crippen LogP contribution is -2.30. The molecule has 7 heteroatoms. The van der Waals surface area contributed by atoms with Crippen LogP contribution in [-0.2, 0) is 20.9 Å². The third-order valence-electron chi connectivity index (χ3n) is 4.73. The average molecular weight is 368 g/mol. The van der Waals surface area contributed by atoms with Gasteiger partial charge >= 0.3 is 0 Å². The Morgan fingerprint density at radius 3 is 2.72 bits per heavy atom. The van der Waals surface area contributed by atoms with E-state index in [0.29, 0.717) is 13.2 Å². The van der Waals surface area contributed by atoms with Gasteiger partial charge in [0, 0.05) is 30.8 Å². The molecule has 138 valence electrons. The molecule has 1 saturated carbocycles. The van der Waals surface area contributed by atoms with Crippen LogP contribution in [0.15, 0.2) is 24.3 Å². The van der Waals surface area contributed by atoms with Crippen LogP contribution in [-0.4, -0.2) is 30.6 Å². The minimum absolute atomic E-state index is 0. The van der Waals surface area contributed by atoms with E-state index in [1.165, 1.54) is 0 Å². The summed E-state index contributed by atoms with van der Waals surface area (Å²) in [7, 11) is 0. The van der Waals surface area contributed by atoms with Crippen LogP contribution >= 0.6 is 12.4 Å². The quantitative estimate of drug-likeness (QED) is 0.741. The summed E-state index contributed by atoms with van der Waals surface area (Å²) < 4.78 is 5.38. The van der Waals surface area contributed by atoms with E-state index >= 15 is 0 Å². The molecule has 3 rings (SSSR count). The Morgan fingerprint density at radius 2 is 2.04 bits per heavy atom. The van der Waals surface area contributed by atoms with Crippen LogP contribution in [0.1, 0.15) is 37.7 Å². The van der Waals surface area contributed by atoms with Gasteiger partial charge in [-0.25, -0.2) is 0 Å². The number of amides is 2. The van der Waals surface area contributed by atoms with E-state index in [-0.39, 0.29) is 42.3 Å². The monoisotopic (exact) mass is 367 g/mol. The fourth-order valence-corrected chi connectivity index (χ4v) is 3.35. The van der Waals surface area contributed by atoms with Gasteiger partial charge in [0.2, 0.25) is 5.91 Å². The maximum absolute atomic E-state index is 12.1. The molecule has 0 bridgehead atoms. The summed E-state index contributed by atoms with van der Waals surface area (Å²) in [6.45, 7) is 1.10. The zero-order valence-electron chi connectivity index (χ0n) is 14.2. The minimum atomic E-state index is -0.347. The number of carbonyl (C=O) groups is 2. The number of rotatable bonds is 5. The highest BCUT2D eigenvalue weighted by Gasteiger charge is 2.27. The standard InChI is InChI=1S/C18H25N3O3.ClH/c19-14-7-6-13(10-14)17(22)20-11-12-3-1-4-15(9-12)21-18(23)16-5-2-8-24-16;/h1,3-4,9,13-14,16H,2,5-8,10-11,19H2,(H,20,22)(H,21,23);1H. The van der Waals surface area contributed by atoms with E-state index < -0.39 is 0 Å². The van der Waals surface area contributed by atoms with Gasteiger partial charge in [-0.05, 0) is 49.8 Å². The van der Waals surface area contributed by atoms with Crippen molar-refractivity contribution in [2.75, 3.05) is 11.9 Å². The smallest absolute Gasteiger partial charge is 0.253 e. The van der Waals surface area contributed by atoms with Gasteiger partial charge in [0.05, 0.1) is 0 Å². The van der Waals surface area contributed by atoms with Crippen molar-refractivity contribution in [1.82, 2.24) is 5.32 Å². The van der Waals surface area contributed by atoms with Crippen LogP contribution in [0.5, 0.6) is 0 Å². The molecule has 0 radical (unpaired) electrons. The maximum Gasteiger partial charge on any atom is 0.253 e. The molecule has 1 saturated heterocycles. The van der Waals surface area contributed by atoms with E-state index in [9.17, 15) is 9.59 Å². The van der Waals surface area contributed by atoms with E-state index in [0.717, 1.165) is 43.4 Å². The summed E-state index contributed by atoms with van der Waals surface area (Å²) in [4.78, 5) is 24.2. The summed E-state index contributed by atoms with van der Waals surface area (Å²) >= 11 is 0. The van der Waals surface area contributed by atoms with Crippen molar-refractivity contribution in [2.24, 2.45) is 11.7 Å². The number of halogens is 1. The molecule has 4 N–H and O–H groups in total. The van der Waals surface area contributed by atoms with E-state index in [1.54, 1.807) is 0 Å². The predicted octanol–water partition coefficient (Wildman–Crippen LogP) is 1.97. The van der Waals surface area contributed by atoms with Gasteiger partial charge in [0.25, 0.3) is 5.91 Å². The second kappa shape index (κ2) is 9.17. The van der Waals surface area contributed by atoms with Crippen LogP contribution in [0.4, 0.5) is 5.69 Å². The Balaban J connectivity index is 0.00000225. The van der Waals surface area contributed by atoms with Crippen LogP contribution in [0, 0.1) is 5.92 Å². The summed E-state index contributed by atoms with van der Waals surface area (Å²) in [5, 5.41) is 5.84. The molecule has 0 aromatic heterocycles. The highest BCUT2D eigenvalue weighted by Crippen LogP contribution is 2.24. The number of hydrogen-bond acceptors (Lipinski definition) is 4. The minimum Gasteiger partial charge on any atom is -0.368 e. The third kappa shape index (κ3) is 5.42. The first-order valence-corrected chi connectivity index (χ1v) is 8.66. The molecule has 1 aromatic carbocycles. The fourth-order valence-electron chi connectivity index (χ4n) is 3.35. The van der Waals surface area contributed by atoms with Crippen LogP contribution < -0.4 is 16.4 Å². The van der Waals surface area contributed by atoms with Gasteiger partial charge in [0.15, 0.2) is 0 Å². The molecule has 25 heavy (non-hydrogen) atoms. The lowest BCUT2D eigenvalue weighted by atomic mass is 10.1. The van der Waals surface area contributed by atoms with Crippen LogP contribution in [0.3, 0.4) is 0 Å². The Kier molecular flexibility index (Phi) is 7.23. The number of benzene rings is 1. The van der Waals surface area contributed by atoms with Crippen molar-refractivity contribution in [3.05, 3.63) is 29.8 Å². The SMILES string of the molecule is Cl.NC1CCC(C(=O)NCc2cccc(NC(=O)C3CCCO3)c2)C1. The van der Waals surface area contributed by atoms with Crippen molar-refractivity contribution in [2.45, 2.75) is 50.8 Å². The molecule has 2 aliphatic rings. The van der Waals surface area contributed by atoms with Gasteiger partial charge in [-0.2, -0.15) is 0 Å². The van der Waals surface area contributed by atoms with Crippen molar-refractivity contribution < 1.29 is 14.3 Å². The summed E-state index contributed by atoms with van der Waals surface area (Å²) in [5.74, 6) is -0.00669. The summed E-state index contributed by atoms with van der Waals surface area (Å²) in [6.07, 6.45) is 3.90. The molecule has 0 spiro atoms. The highest BCUT2D eigenvalue weighted by molar-refractivity contribution is 5.94. The first-order chi connectivity index (χ1) is 11.6. The predicted molar refractivity (Wildman–Crippen MR) is 98.5 cm³/mol. The Hall–Kier alpha value is -1.63. The Morgan fingerprint density at radius 1 is 1.20 bits per heavy atom. The van der Waals surface area contributed by atoms with Crippen molar-refractivity contribution in [3.63, 3.8) is 0 Å². The van der Waals surface area contributed by atoms with E-state index in [1.807, 2.05) is 24.3 Å². The summed E-state index contributed by atoms with van der Waals surface area (Å²) in [6, 6.07) is 7.68. The Bertz CT molecular complexity index is 605. The normalized spacial score (nSPS) is 25.2. The molecule has 1 aliphatic heterocycles. The molecule has 1 aliphatic carbocycles. The average Bonchev–Trinajstić information content (AvgIpc) is 3.24. The van der Waals surface area contributed by atoms with E-state index in [4.69, 9.17) is 10.5 Å². The molecular formula is C18H26ClN3O3. The van der Waals surface area contributed by atoms with E-state index in [2.05, 4.69) is 10.6 Å². The lowest BCUT2D eigenvalue weighted by molar-refractivity contribution is -0.125. The largest absolute Gasteiger partial charge is 0.368 e. The highest BCUT2D eigenvalue weighted by atomic mass is 35.5. The zero-order chi connectivity index (χ0) is 16.9. The number of anilines is 1. The first kappa shape index (κ1) is 19.7. The number of ether oxygens (including phenoxy) is 1. The number of hydrogen-bond donors (Lipinski definition) is 3. The molecule has 1 aromatic rings. The second-order valence-corrected chi connectivity index (χ2v) is 6.68. The van der Waals surface area contributed by atoms with Crippen LogP contribution in [0.25, 0.3) is 0 Å². The van der Waals surface area contributed by atoms with Crippen molar-refractivity contribution in [3.8, 4) is 0 Å². The number of carbonyl (C=O) groups excluding carboxylic acids is 2. The maximum atomic E-state index is 12.1. The molecule has 2 amide bonds. The van der Waals surface area contributed by atoms with Gasteiger partial charge in [-0.15, -0.1) is 12.4 Å². The molecule has 3 unspecified atom stereocenters. The van der Waals surface area contributed by atoms with Crippen LogP contribution in [0.2, 0.25) is 0 Å². The molecule has 2 fully saturated rings. The third-order valence-corrected chi connectivity index (χ3v) is 4.73. The molecule has 3 atom stereocenters. The van der Waals surface area contributed by atoms with Gasteiger partial charge in [-0.3, -0.25) is 9.59 Å². The molecular weight excluding hydrogens is 342 g/mol. The lowest BCUT2D eigenvalue weighted by Gasteiger charge is -2.13. The van der Waals surface area contributed by atoms with Gasteiger partial charge in [-0.1, -0.05) is 12.1 Å². The number of nitrogens with two attached hydrogens (primary N) is 1. The Labute approximate surface area is 154 Å². The van der Waals surface area contributed by atoms with Gasteiger partial charge in [0.1, 0.15) is 6.10 Å². The van der Waals surface area contributed by atoms with Gasteiger partial charge < -0.3 is 21.1 Å². The summed E-state index contributed by atoms with van der Waals surface area (Å²) in [5.41, 5.74) is 7.54. The topological polar surface area (TPSA) is 93.5 Å². The first-order valence-electron chi connectivity index (χ1n) is 8.66. The van der Waals surface area contributed by atoms with Crippen molar-refractivity contribution in [1.29, 1.82) is 0 Å². The number of nitrogens with one attached hydrogen (secondary N) is 2. The molecule has 1 heterocycles.